The van der Waals surface area contributed by atoms with Crippen molar-refractivity contribution in [1.82, 2.24) is 5.32 Å². The normalized spacial score (nSPS) is 19.7. The molecule has 0 amide bonds. The third-order valence-corrected chi connectivity index (χ3v) is 3.37. The van der Waals surface area contributed by atoms with Crippen LogP contribution in [0.25, 0.3) is 0 Å². The molecule has 2 rings (SSSR count). The maximum absolute atomic E-state index is 8.76. The van der Waals surface area contributed by atoms with Crippen LogP contribution in [0.15, 0.2) is 18.2 Å². The summed E-state index contributed by atoms with van der Waals surface area (Å²) in [5, 5.41) is 12.3. The molecule has 3 heteroatoms. The van der Waals surface area contributed by atoms with Gasteiger partial charge < -0.3 is 10.1 Å². The van der Waals surface area contributed by atoms with Crippen molar-refractivity contribution in [3.05, 3.63) is 29.3 Å². The van der Waals surface area contributed by atoms with Gasteiger partial charge in [-0.15, -0.1) is 0 Å². The number of aryl methyl sites for hydroxylation is 1. The highest BCUT2D eigenvalue weighted by Gasteiger charge is 2.19. The van der Waals surface area contributed by atoms with Gasteiger partial charge in [0, 0.05) is 6.04 Å². The highest BCUT2D eigenvalue weighted by Crippen LogP contribution is 2.32. The van der Waals surface area contributed by atoms with Gasteiger partial charge in [-0.05, 0) is 56.0 Å². The fourth-order valence-electron chi connectivity index (χ4n) is 2.55. The third kappa shape index (κ3) is 2.83. The summed E-state index contributed by atoms with van der Waals surface area (Å²) in [7, 11) is 0. The first-order valence-electron chi connectivity index (χ1n) is 6.67. The molecule has 0 heterocycles. The van der Waals surface area contributed by atoms with Gasteiger partial charge in [0.25, 0.3) is 0 Å². The van der Waals surface area contributed by atoms with Crippen molar-refractivity contribution in [2.24, 2.45) is 0 Å². The quantitative estimate of drug-likeness (QED) is 0.885. The standard InChI is InChI=1S/C15H20N2O/c1-3-17-15-6-4-5-12-9-13(7-8-14(12)15)18-11(2)10-16/h7-9,11,15,17H,3-6H2,1-2H3. The maximum atomic E-state index is 8.76. The number of rotatable bonds is 4. The van der Waals surface area contributed by atoms with E-state index in [4.69, 9.17) is 10.00 Å². The first-order chi connectivity index (χ1) is 8.74. The van der Waals surface area contributed by atoms with E-state index in [1.54, 1.807) is 6.92 Å². The van der Waals surface area contributed by atoms with E-state index in [0.717, 1.165) is 18.7 Å². The summed E-state index contributed by atoms with van der Waals surface area (Å²) >= 11 is 0. The van der Waals surface area contributed by atoms with Gasteiger partial charge in [-0.3, -0.25) is 0 Å². The lowest BCUT2D eigenvalue weighted by Gasteiger charge is -2.26. The van der Waals surface area contributed by atoms with E-state index in [1.165, 1.54) is 24.0 Å². The number of hydrogen-bond acceptors (Lipinski definition) is 3. The van der Waals surface area contributed by atoms with Crippen LogP contribution < -0.4 is 10.1 Å². The zero-order chi connectivity index (χ0) is 13.0. The van der Waals surface area contributed by atoms with Crippen LogP contribution in [0.4, 0.5) is 0 Å². The third-order valence-electron chi connectivity index (χ3n) is 3.37. The molecule has 0 bridgehead atoms. The van der Waals surface area contributed by atoms with Crippen molar-refractivity contribution >= 4 is 0 Å². The van der Waals surface area contributed by atoms with Gasteiger partial charge in [0.05, 0.1) is 0 Å². The fourth-order valence-corrected chi connectivity index (χ4v) is 2.55. The molecule has 0 radical (unpaired) electrons. The molecule has 18 heavy (non-hydrogen) atoms. The molecule has 0 saturated carbocycles. The zero-order valence-corrected chi connectivity index (χ0v) is 11.1. The molecule has 0 aromatic heterocycles. The van der Waals surface area contributed by atoms with E-state index in [1.807, 2.05) is 6.07 Å². The molecule has 1 N–H and O–H groups in total. The minimum Gasteiger partial charge on any atom is -0.476 e. The van der Waals surface area contributed by atoms with E-state index in [0.29, 0.717) is 6.04 Å². The second-order valence-electron chi connectivity index (χ2n) is 4.75. The van der Waals surface area contributed by atoms with Gasteiger partial charge in [-0.1, -0.05) is 13.0 Å². The molecule has 0 aliphatic heterocycles. The summed E-state index contributed by atoms with van der Waals surface area (Å²) in [5.74, 6) is 0.806. The molecule has 96 valence electrons. The Kier molecular flexibility index (Phi) is 4.22. The van der Waals surface area contributed by atoms with Gasteiger partial charge in [0.1, 0.15) is 11.8 Å². The summed E-state index contributed by atoms with van der Waals surface area (Å²) in [4.78, 5) is 0. The number of nitriles is 1. The van der Waals surface area contributed by atoms with E-state index in [2.05, 4.69) is 30.4 Å². The second-order valence-corrected chi connectivity index (χ2v) is 4.75. The summed E-state index contributed by atoms with van der Waals surface area (Å²) in [6, 6.07) is 8.77. The van der Waals surface area contributed by atoms with Crippen molar-refractivity contribution in [3.63, 3.8) is 0 Å². The van der Waals surface area contributed by atoms with Crippen molar-refractivity contribution in [3.8, 4) is 11.8 Å². The number of nitrogens with one attached hydrogen (secondary N) is 1. The fraction of sp³-hybridized carbons (Fsp3) is 0.533. The first-order valence-corrected chi connectivity index (χ1v) is 6.67. The lowest BCUT2D eigenvalue weighted by Crippen LogP contribution is -2.24. The monoisotopic (exact) mass is 244 g/mol. The van der Waals surface area contributed by atoms with Crippen molar-refractivity contribution in [2.75, 3.05) is 6.54 Å². The van der Waals surface area contributed by atoms with Gasteiger partial charge in [0.15, 0.2) is 6.10 Å². The minimum atomic E-state index is -0.392. The SMILES string of the molecule is CCNC1CCCc2cc(OC(C)C#N)ccc21. The first kappa shape index (κ1) is 12.9. The van der Waals surface area contributed by atoms with E-state index in [9.17, 15) is 0 Å². The van der Waals surface area contributed by atoms with E-state index >= 15 is 0 Å². The van der Waals surface area contributed by atoms with E-state index in [-0.39, 0.29) is 0 Å². The molecule has 0 fully saturated rings. The van der Waals surface area contributed by atoms with Crippen LogP contribution in [0.3, 0.4) is 0 Å². The second kappa shape index (κ2) is 5.88. The number of fused-ring (bicyclic) bond motifs is 1. The van der Waals surface area contributed by atoms with E-state index < -0.39 is 6.10 Å². The molecule has 1 aromatic carbocycles. The average molecular weight is 244 g/mol. The number of nitrogens with zero attached hydrogens (tertiary/aromatic N) is 1. The Bertz CT molecular complexity index is 450. The van der Waals surface area contributed by atoms with Gasteiger partial charge in [0.2, 0.25) is 0 Å². The van der Waals surface area contributed by atoms with Gasteiger partial charge >= 0.3 is 0 Å². The maximum Gasteiger partial charge on any atom is 0.181 e. The lowest BCUT2D eigenvalue weighted by molar-refractivity contribution is 0.276. The Hall–Kier alpha value is -1.53. The van der Waals surface area contributed by atoms with Crippen LogP contribution in [0.2, 0.25) is 0 Å². The van der Waals surface area contributed by atoms with Crippen LogP contribution in [0.5, 0.6) is 5.75 Å². The molecule has 2 unspecified atom stereocenters. The topological polar surface area (TPSA) is 45.0 Å². The van der Waals surface area contributed by atoms with Crippen molar-refractivity contribution in [2.45, 2.75) is 45.3 Å². The molecule has 1 aliphatic rings. The molecule has 1 aromatic rings. The molecular weight excluding hydrogens is 224 g/mol. The smallest absolute Gasteiger partial charge is 0.181 e. The number of benzene rings is 1. The Morgan fingerprint density at radius 1 is 1.56 bits per heavy atom. The Labute approximate surface area is 109 Å². The molecule has 0 saturated heterocycles. The van der Waals surface area contributed by atoms with Crippen LogP contribution >= 0.6 is 0 Å². The molecular formula is C15H20N2O. The van der Waals surface area contributed by atoms with Gasteiger partial charge in [-0.2, -0.15) is 5.26 Å². The van der Waals surface area contributed by atoms with Crippen LogP contribution in [0.1, 0.15) is 43.9 Å². The Balaban J connectivity index is 2.19. The summed E-state index contributed by atoms with van der Waals surface area (Å²) in [5.41, 5.74) is 2.75. The Morgan fingerprint density at radius 2 is 2.39 bits per heavy atom. The largest absolute Gasteiger partial charge is 0.476 e. The zero-order valence-electron chi connectivity index (χ0n) is 11.1. The van der Waals surface area contributed by atoms with Crippen LogP contribution in [-0.4, -0.2) is 12.6 Å². The van der Waals surface area contributed by atoms with Crippen LogP contribution in [0, 0.1) is 11.3 Å². The summed E-state index contributed by atoms with van der Waals surface area (Å²) in [6.07, 6.45) is 3.13. The molecule has 2 atom stereocenters. The predicted molar refractivity (Wildman–Crippen MR) is 71.5 cm³/mol. The average Bonchev–Trinajstić information content (AvgIpc) is 2.39. The summed E-state index contributed by atoms with van der Waals surface area (Å²) in [6.45, 7) is 4.90. The van der Waals surface area contributed by atoms with Crippen molar-refractivity contribution in [1.29, 1.82) is 5.26 Å². The highest BCUT2D eigenvalue weighted by molar-refractivity contribution is 5.39. The summed E-state index contributed by atoms with van der Waals surface area (Å²) < 4.78 is 5.54. The highest BCUT2D eigenvalue weighted by atomic mass is 16.5. The minimum absolute atomic E-state index is 0.392. The van der Waals surface area contributed by atoms with Crippen molar-refractivity contribution < 1.29 is 4.74 Å². The van der Waals surface area contributed by atoms with Gasteiger partial charge in [-0.25, -0.2) is 0 Å². The number of ether oxygens (including phenoxy) is 1. The predicted octanol–water partition coefficient (Wildman–Crippen LogP) is 2.96. The molecule has 1 aliphatic carbocycles. The lowest BCUT2D eigenvalue weighted by atomic mass is 9.87. The number of hydrogen-bond donors (Lipinski definition) is 1. The Morgan fingerprint density at radius 3 is 3.11 bits per heavy atom. The molecule has 0 spiro atoms. The van der Waals surface area contributed by atoms with Crippen LogP contribution in [-0.2, 0) is 6.42 Å². The molecule has 3 nitrogen and oxygen atoms in total.